The summed E-state index contributed by atoms with van der Waals surface area (Å²) < 4.78 is 0. The molecular formula is C20H26ClN7O2. The summed E-state index contributed by atoms with van der Waals surface area (Å²) in [5.74, 6) is 1.06. The first-order valence-corrected chi connectivity index (χ1v) is 10.8. The third-order valence-electron chi connectivity index (χ3n) is 6.03. The molecule has 3 heterocycles. The molecular weight excluding hydrogens is 406 g/mol. The minimum Gasteiger partial charge on any atom is -0.364 e. The van der Waals surface area contributed by atoms with Crippen molar-refractivity contribution in [3.63, 3.8) is 0 Å². The van der Waals surface area contributed by atoms with Crippen molar-refractivity contribution >= 4 is 29.1 Å². The fourth-order valence-electron chi connectivity index (χ4n) is 4.10. The summed E-state index contributed by atoms with van der Waals surface area (Å²) in [4.78, 5) is 26.0. The monoisotopic (exact) mass is 431 g/mol. The Bertz CT molecular complexity index is 885. The number of hydrogen-bond acceptors (Lipinski definition) is 8. The number of nitrogens with zero attached hydrogens (tertiary/aromatic N) is 5. The van der Waals surface area contributed by atoms with Crippen molar-refractivity contribution in [3.05, 3.63) is 45.4 Å². The molecule has 0 atom stereocenters. The van der Waals surface area contributed by atoms with E-state index < -0.39 is 4.92 Å². The minimum atomic E-state index is -0.453. The van der Waals surface area contributed by atoms with Crippen LogP contribution in [0.1, 0.15) is 37.7 Å². The van der Waals surface area contributed by atoms with Crippen LogP contribution >= 0.6 is 11.6 Å². The van der Waals surface area contributed by atoms with Crippen LogP contribution in [-0.4, -0.2) is 50.5 Å². The SMILES string of the molecule is O=[N+]([O-])c1cnc(NCc2cnccc2Cl)nc1NC[C@H]1CC[C@H](N2CCC2)CC1. The van der Waals surface area contributed by atoms with Crippen LogP contribution < -0.4 is 10.6 Å². The maximum absolute atomic E-state index is 11.4. The highest BCUT2D eigenvalue weighted by Gasteiger charge is 2.29. The second-order valence-corrected chi connectivity index (χ2v) is 8.36. The van der Waals surface area contributed by atoms with E-state index in [9.17, 15) is 10.1 Å². The Kier molecular flexibility index (Phi) is 6.59. The van der Waals surface area contributed by atoms with E-state index in [0.717, 1.165) is 24.4 Å². The molecule has 10 heteroatoms. The molecule has 1 saturated carbocycles. The predicted molar refractivity (Wildman–Crippen MR) is 116 cm³/mol. The second-order valence-electron chi connectivity index (χ2n) is 7.95. The summed E-state index contributed by atoms with van der Waals surface area (Å²) in [6.45, 7) is 3.53. The van der Waals surface area contributed by atoms with Crippen LogP contribution in [0.3, 0.4) is 0 Å². The topological polar surface area (TPSA) is 109 Å². The molecule has 1 aliphatic heterocycles. The average Bonchev–Trinajstić information content (AvgIpc) is 2.71. The Hall–Kier alpha value is -2.52. The molecule has 2 N–H and O–H groups in total. The number of pyridine rings is 1. The van der Waals surface area contributed by atoms with Gasteiger partial charge in [0.05, 0.1) is 4.92 Å². The number of nitrogens with one attached hydrogen (secondary N) is 2. The van der Waals surface area contributed by atoms with E-state index >= 15 is 0 Å². The normalized spacial score (nSPS) is 21.6. The molecule has 2 aromatic heterocycles. The molecule has 0 aromatic carbocycles. The summed E-state index contributed by atoms with van der Waals surface area (Å²) in [7, 11) is 0. The Balaban J connectivity index is 1.35. The van der Waals surface area contributed by atoms with Gasteiger partial charge < -0.3 is 15.5 Å². The fraction of sp³-hybridized carbons (Fsp3) is 0.550. The van der Waals surface area contributed by atoms with Crippen molar-refractivity contribution < 1.29 is 4.92 Å². The van der Waals surface area contributed by atoms with Crippen LogP contribution in [0.25, 0.3) is 0 Å². The zero-order chi connectivity index (χ0) is 20.9. The van der Waals surface area contributed by atoms with Gasteiger partial charge in [-0.25, -0.2) is 4.98 Å². The first kappa shape index (κ1) is 20.7. The molecule has 1 aliphatic carbocycles. The Labute approximate surface area is 180 Å². The predicted octanol–water partition coefficient (Wildman–Crippen LogP) is 3.72. The van der Waals surface area contributed by atoms with E-state index in [1.807, 2.05) is 0 Å². The summed E-state index contributed by atoms with van der Waals surface area (Å²) in [6.07, 6.45) is 10.5. The van der Waals surface area contributed by atoms with Crippen molar-refractivity contribution in [1.82, 2.24) is 19.9 Å². The first-order valence-electron chi connectivity index (χ1n) is 10.4. The molecule has 2 fully saturated rings. The van der Waals surface area contributed by atoms with Gasteiger partial charge in [-0.1, -0.05) is 11.6 Å². The molecule has 0 radical (unpaired) electrons. The van der Waals surface area contributed by atoms with Gasteiger partial charge in [-0.3, -0.25) is 15.1 Å². The fourth-order valence-corrected chi connectivity index (χ4v) is 4.27. The number of aromatic nitrogens is 3. The number of nitro groups is 1. The molecule has 1 saturated heterocycles. The van der Waals surface area contributed by atoms with Crippen LogP contribution in [0.2, 0.25) is 5.02 Å². The van der Waals surface area contributed by atoms with Gasteiger partial charge in [0, 0.05) is 42.1 Å². The minimum absolute atomic E-state index is 0.116. The highest BCUT2D eigenvalue weighted by Crippen LogP contribution is 2.31. The summed E-state index contributed by atoms with van der Waals surface area (Å²) >= 11 is 6.14. The molecule has 0 spiro atoms. The van der Waals surface area contributed by atoms with Gasteiger partial charge in [0.2, 0.25) is 11.8 Å². The van der Waals surface area contributed by atoms with Crippen LogP contribution in [0.4, 0.5) is 17.5 Å². The summed E-state index contributed by atoms with van der Waals surface area (Å²) in [6, 6.07) is 2.43. The van der Waals surface area contributed by atoms with Gasteiger partial charge in [0.1, 0.15) is 6.20 Å². The standard InChI is InChI=1S/C20H26ClN7O2/c21-17-6-7-22-11-15(17)12-24-20-25-13-18(28(29)30)19(26-20)23-10-14-2-4-16(5-3-14)27-8-1-9-27/h6-7,11,13-14,16H,1-5,8-10,12H2,(H2,23,24,25,26)/t14-,16-. The number of rotatable bonds is 8. The van der Waals surface area contributed by atoms with E-state index in [-0.39, 0.29) is 11.5 Å². The quantitative estimate of drug-likeness (QED) is 0.480. The van der Waals surface area contributed by atoms with Gasteiger partial charge in [-0.15, -0.1) is 0 Å². The van der Waals surface area contributed by atoms with Gasteiger partial charge >= 0.3 is 5.69 Å². The smallest absolute Gasteiger partial charge is 0.329 e. The van der Waals surface area contributed by atoms with Crippen molar-refractivity contribution in [2.24, 2.45) is 5.92 Å². The second kappa shape index (κ2) is 9.53. The number of anilines is 2. The lowest BCUT2D eigenvalue weighted by Crippen LogP contribution is -2.46. The molecule has 4 rings (SSSR count). The lowest BCUT2D eigenvalue weighted by molar-refractivity contribution is -0.384. The van der Waals surface area contributed by atoms with Crippen LogP contribution in [0.15, 0.2) is 24.7 Å². The van der Waals surface area contributed by atoms with Crippen LogP contribution in [-0.2, 0) is 6.54 Å². The maximum atomic E-state index is 11.4. The van der Waals surface area contributed by atoms with Crippen molar-refractivity contribution in [1.29, 1.82) is 0 Å². The van der Waals surface area contributed by atoms with Gasteiger partial charge in [-0.05, 0) is 57.2 Å². The molecule has 9 nitrogen and oxygen atoms in total. The molecule has 0 bridgehead atoms. The molecule has 2 aromatic rings. The zero-order valence-corrected chi connectivity index (χ0v) is 17.5. The Morgan fingerprint density at radius 2 is 2.00 bits per heavy atom. The van der Waals surface area contributed by atoms with E-state index in [2.05, 4.69) is 30.5 Å². The largest absolute Gasteiger partial charge is 0.364 e. The summed E-state index contributed by atoms with van der Waals surface area (Å²) in [5, 5.41) is 18.3. The van der Waals surface area contributed by atoms with E-state index in [4.69, 9.17) is 11.6 Å². The zero-order valence-electron chi connectivity index (χ0n) is 16.8. The highest BCUT2D eigenvalue weighted by atomic mass is 35.5. The molecule has 0 unspecified atom stereocenters. The third kappa shape index (κ3) is 4.96. The third-order valence-corrected chi connectivity index (χ3v) is 6.40. The molecule has 160 valence electrons. The lowest BCUT2D eigenvalue weighted by atomic mass is 9.84. The summed E-state index contributed by atoms with van der Waals surface area (Å²) in [5.41, 5.74) is 0.684. The van der Waals surface area contributed by atoms with Crippen LogP contribution in [0, 0.1) is 16.0 Å². The van der Waals surface area contributed by atoms with E-state index in [0.29, 0.717) is 30.0 Å². The lowest BCUT2D eigenvalue weighted by Gasteiger charge is -2.42. The number of likely N-dealkylation sites (tertiary alicyclic amines) is 1. The molecule has 0 amide bonds. The highest BCUT2D eigenvalue weighted by molar-refractivity contribution is 6.31. The number of halogens is 1. The van der Waals surface area contributed by atoms with Gasteiger partial charge in [0.25, 0.3) is 0 Å². The number of hydrogen-bond donors (Lipinski definition) is 2. The van der Waals surface area contributed by atoms with Crippen molar-refractivity contribution in [3.8, 4) is 0 Å². The van der Waals surface area contributed by atoms with Gasteiger partial charge in [0.15, 0.2) is 0 Å². The Morgan fingerprint density at radius 1 is 1.20 bits per heavy atom. The van der Waals surface area contributed by atoms with Crippen LogP contribution in [0.5, 0.6) is 0 Å². The van der Waals surface area contributed by atoms with Crippen molar-refractivity contribution in [2.45, 2.75) is 44.7 Å². The molecule has 30 heavy (non-hydrogen) atoms. The first-order chi connectivity index (χ1) is 14.6. The average molecular weight is 432 g/mol. The Morgan fingerprint density at radius 3 is 2.67 bits per heavy atom. The maximum Gasteiger partial charge on any atom is 0.329 e. The molecule has 2 aliphatic rings. The van der Waals surface area contributed by atoms with Gasteiger partial charge in [-0.2, -0.15) is 4.98 Å². The van der Waals surface area contributed by atoms with E-state index in [1.54, 1.807) is 18.5 Å². The van der Waals surface area contributed by atoms with Crippen molar-refractivity contribution in [2.75, 3.05) is 30.3 Å². The van der Waals surface area contributed by atoms with E-state index in [1.165, 1.54) is 38.5 Å².